The maximum atomic E-state index is 9.03. The van der Waals surface area contributed by atoms with Gasteiger partial charge >= 0.3 is 0 Å². The first kappa shape index (κ1) is 13.1. The summed E-state index contributed by atoms with van der Waals surface area (Å²) < 4.78 is 2.00. The molecule has 3 aromatic rings. The zero-order chi connectivity index (χ0) is 13.9. The maximum Gasteiger partial charge on any atom is 0.164 e. The third-order valence-corrected chi connectivity index (χ3v) is 3.35. The van der Waals surface area contributed by atoms with Gasteiger partial charge in [0, 0.05) is 24.2 Å². The van der Waals surface area contributed by atoms with Crippen molar-refractivity contribution in [1.82, 2.24) is 14.5 Å². The van der Waals surface area contributed by atoms with Gasteiger partial charge in [0.1, 0.15) is 11.3 Å². The van der Waals surface area contributed by atoms with E-state index in [1.165, 1.54) is 0 Å². The summed E-state index contributed by atoms with van der Waals surface area (Å²) in [7, 11) is 0. The number of nitrogens with zero attached hydrogens (tertiary/aromatic N) is 3. The molecule has 0 saturated heterocycles. The summed E-state index contributed by atoms with van der Waals surface area (Å²) in [6.45, 7) is 0.145. The monoisotopic (exact) mass is 287 g/mol. The number of pyridine rings is 1. The second-order valence-corrected chi connectivity index (χ2v) is 4.95. The Morgan fingerprint density at radius 3 is 2.90 bits per heavy atom. The van der Waals surface area contributed by atoms with Crippen LogP contribution >= 0.6 is 11.6 Å². The van der Waals surface area contributed by atoms with Crippen LogP contribution in [0.2, 0.25) is 5.02 Å². The fourth-order valence-electron chi connectivity index (χ4n) is 2.25. The predicted octanol–water partition coefficient (Wildman–Crippen LogP) is 3.00. The lowest BCUT2D eigenvalue weighted by Crippen LogP contribution is -2.03. The van der Waals surface area contributed by atoms with Crippen molar-refractivity contribution in [3.05, 3.63) is 53.4 Å². The molecule has 0 aliphatic carbocycles. The average Bonchev–Trinajstić information content (AvgIpc) is 2.83. The van der Waals surface area contributed by atoms with E-state index < -0.39 is 0 Å². The number of halogens is 1. The molecule has 0 radical (unpaired) electrons. The van der Waals surface area contributed by atoms with Gasteiger partial charge in [-0.3, -0.25) is 4.57 Å². The first-order valence-corrected chi connectivity index (χ1v) is 6.86. The number of aromatic nitrogens is 3. The zero-order valence-electron chi connectivity index (χ0n) is 10.8. The van der Waals surface area contributed by atoms with Crippen LogP contribution in [0.4, 0.5) is 0 Å². The lowest BCUT2D eigenvalue weighted by molar-refractivity contribution is 0.287. The highest BCUT2D eigenvalue weighted by molar-refractivity contribution is 6.30. The smallest absolute Gasteiger partial charge is 0.164 e. The molecule has 1 N–H and O–H groups in total. The van der Waals surface area contributed by atoms with Gasteiger partial charge < -0.3 is 5.11 Å². The third kappa shape index (κ3) is 2.40. The molecule has 0 fully saturated rings. The second kappa shape index (κ2) is 5.61. The molecule has 3 rings (SSSR count). The fraction of sp³-hybridized carbons (Fsp3) is 0.200. The summed E-state index contributed by atoms with van der Waals surface area (Å²) in [5.41, 5.74) is 2.59. The Hall–Kier alpha value is -1.91. The number of hydrogen-bond donors (Lipinski definition) is 1. The number of aliphatic hydroxyl groups is 1. The van der Waals surface area contributed by atoms with Gasteiger partial charge in [0.25, 0.3) is 0 Å². The Morgan fingerprint density at radius 2 is 2.10 bits per heavy atom. The number of hydrogen-bond acceptors (Lipinski definition) is 3. The van der Waals surface area contributed by atoms with Crippen LogP contribution in [-0.4, -0.2) is 26.2 Å². The van der Waals surface area contributed by atoms with Gasteiger partial charge in [0.15, 0.2) is 5.65 Å². The van der Waals surface area contributed by atoms with Gasteiger partial charge in [-0.2, -0.15) is 0 Å². The van der Waals surface area contributed by atoms with E-state index in [0.717, 1.165) is 22.7 Å². The molecule has 0 aliphatic heterocycles. The van der Waals surface area contributed by atoms with Gasteiger partial charge in [-0.1, -0.05) is 17.7 Å². The van der Waals surface area contributed by atoms with Crippen molar-refractivity contribution in [1.29, 1.82) is 0 Å². The molecule has 0 saturated carbocycles. The molecule has 5 heteroatoms. The normalized spacial score (nSPS) is 11.1. The minimum atomic E-state index is 0.145. The summed E-state index contributed by atoms with van der Waals surface area (Å²) in [5.74, 6) is 0.884. The molecule has 2 aromatic heterocycles. The van der Waals surface area contributed by atoms with E-state index in [0.29, 0.717) is 17.9 Å². The molecule has 0 aliphatic rings. The highest BCUT2D eigenvalue weighted by Gasteiger charge is 2.13. The topological polar surface area (TPSA) is 50.9 Å². The van der Waals surface area contributed by atoms with E-state index in [1.807, 2.05) is 41.0 Å². The number of aliphatic hydroxyl groups excluding tert-OH is 1. The number of rotatable bonds is 4. The summed E-state index contributed by atoms with van der Waals surface area (Å²) in [6.07, 6.45) is 3.12. The van der Waals surface area contributed by atoms with E-state index in [4.69, 9.17) is 16.7 Å². The lowest BCUT2D eigenvalue weighted by Gasteiger charge is -2.08. The van der Waals surface area contributed by atoms with Crippen molar-refractivity contribution >= 4 is 22.8 Å². The van der Waals surface area contributed by atoms with Crippen LogP contribution in [0.5, 0.6) is 0 Å². The van der Waals surface area contributed by atoms with Gasteiger partial charge in [0.2, 0.25) is 0 Å². The molecule has 20 heavy (non-hydrogen) atoms. The molecule has 0 unspecified atom stereocenters. The third-order valence-electron chi connectivity index (χ3n) is 3.11. The standard InChI is InChI=1S/C15H14ClN3O/c16-11-4-1-5-12(10-11)19-14(7-3-9-20)18-13-6-2-8-17-15(13)19/h1-2,4-6,8,10,20H,3,7,9H2. The Labute approximate surface area is 121 Å². The SMILES string of the molecule is OCCCc1nc2cccnc2n1-c1cccc(Cl)c1. The van der Waals surface area contributed by atoms with Crippen molar-refractivity contribution < 1.29 is 5.11 Å². The Kier molecular flexibility index (Phi) is 3.67. The van der Waals surface area contributed by atoms with Crippen LogP contribution in [0.3, 0.4) is 0 Å². The van der Waals surface area contributed by atoms with Crippen molar-refractivity contribution in [2.75, 3.05) is 6.61 Å². The van der Waals surface area contributed by atoms with Crippen LogP contribution in [0.1, 0.15) is 12.2 Å². The highest BCUT2D eigenvalue weighted by atomic mass is 35.5. The van der Waals surface area contributed by atoms with E-state index in [-0.39, 0.29) is 6.61 Å². The van der Waals surface area contributed by atoms with Crippen molar-refractivity contribution in [3.63, 3.8) is 0 Å². The van der Waals surface area contributed by atoms with Crippen LogP contribution in [0, 0.1) is 0 Å². The first-order chi connectivity index (χ1) is 9.79. The predicted molar refractivity (Wildman–Crippen MR) is 79.3 cm³/mol. The largest absolute Gasteiger partial charge is 0.396 e. The molecule has 4 nitrogen and oxygen atoms in total. The Balaban J connectivity index is 2.20. The number of aryl methyl sites for hydroxylation is 1. The zero-order valence-corrected chi connectivity index (χ0v) is 11.6. The molecular formula is C15H14ClN3O. The molecule has 0 spiro atoms. The van der Waals surface area contributed by atoms with Gasteiger partial charge in [0.05, 0.1) is 5.69 Å². The highest BCUT2D eigenvalue weighted by Crippen LogP contribution is 2.22. The molecule has 0 amide bonds. The Morgan fingerprint density at radius 1 is 1.20 bits per heavy atom. The van der Waals surface area contributed by atoms with Crippen LogP contribution in [0.25, 0.3) is 16.9 Å². The molecule has 2 heterocycles. The maximum absolute atomic E-state index is 9.03. The van der Waals surface area contributed by atoms with Crippen LogP contribution in [-0.2, 0) is 6.42 Å². The summed E-state index contributed by atoms with van der Waals surface area (Å²) in [5, 5.41) is 9.71. The summed E-state index contributed by atoms with van der Waals surface area (Å²) >= 11 is 6.08. The van der Waals surface area contributed by atoms with Crippen molar-refractivity contribution in [3.8, 4) is 5.69 Å². The lowest BCUT2D eigenvalue weighted by atomic mass is 10.2. The van der Waals surface area contributed by atoms with E-state index in [2.05, 4.69) is 9.97 Å². The molecule has 0 atom stereocenters. The van der Waals surface area contributed by atoms with Gasteiger partial charge in [-0.15, -0.1) is 0 Å². The van der Waals surface area contributed by atoms with Crippen molar-refractivity contribution in [2.24, 2.45) is 0 Å². The average molecular weight is 288 g/mol. The molecule has 102 valence electrons. The quantitative estimate of drug-likeness (QED) is 0.802. The van der Waals surface area contributed by atoms with Gasteiger partial charge in [-0.05, 0) is 36.8 Å². The molecular weight excluding hydrogens is 274 g/mol. The van der Waals surface area contributed by atoms with Crippen molar-refractivity contribution in [2.45, 2.75) is 12.8 Å². The van der Waals surface area contributed by atoms with E-state index in [9.17, 15) is 0 Å². The second-order valence-electron chi connectivity index (χ2n) is 4.52. The van der Waals surface area contributed by atoms with Gasteiger partial charge in [-0.25, -0.2) is 9.97 Å². The minimum absolute atomic E-state index is 0.145. The fourth-order valence-corrected chi connectivity index (χ4v) is 2.44. The summed E-state index contributed by atoms with van der Waals surface area (Å²) in [6, 6.07) is 11.4. The number of fused-ring (bicyclic) bond motifs is 1. The van der Waals surface area contributed by atoms with E-state index >= 15 is 0 Å². The Bertz CT molecular complexity index is 739. The minimum Gasteiger partial charge on any atom is -0.396 e. The summed E-state index contributed by atoms with van der Waals surface area (Å²) in [4.78, 5) is 9.01. The number of benzene rings is 1. The van der Waals surface area contributed by atoms with Crippen LogP contribution < -0.4 is 0 Å². The molecule has 0 bridgehead atoms. The van der Waals surface area contributed by atoms with E-state index in [1.54, 1.807) is 6.20 Å². The molecule has 1 aromatic carbocycles. The van der Waals surface area contributed by atoms with Crippen LogP contribution in [0.15, 0.2) is 42.6 Å². The first-order valence-electron chi connectivity index (χ1n) is 6.49. The number of imidazole rings is 1.